The van der Waals surface area contributed by atoms with Crippen LogP contribution in [0.2, 0.25) is 0 Å². The molecule has 15 nitrogen and oxygen atoms in total. The van der Waals surface area contributed by atoms with Gasteiger partial charge in [-0.3, -0.25) is 4.79 Å². The van der Waals surface area contributed by atoms with Crippen molar-refractivity contribution in [3.63, 3.8) is 0 Å². The minimum atomic E-state index is -5.23. The molecule has 0 saturated carbocycles. The molecule has 0 aromatic heterocycles. The van der Waals surface area contributed by atoms with E-state index in [1.165, 1.54) is 0 Å². The van der Waals surface area contributed by atoms with Crippen LogP contribution in [-0.4, -0.2) is 80.0 Å². The van der Waals surface area contributed by atoms with Crippen LogP contribution in [0.5, 0.6) is 17.2 Å². The molecule has 7 rings (SSSR count). The van der Waals surface area contributed by atoms with Crippen LogP contribution in [0.4, 0.5) is 0 Å². The second-order valence-corrected chi connectivity index (χ2v) is 13.2. The highest BCUT2D eigenvalue weighted by molar-refractivity contribution is 7.43. The van der Waals surface area contributed by atoms with Gasteiger partial charge < -0.3 is 67.0 Å². The van der Waals surface area contributed by atoms with Crippen molar-refractivity contribution >= 4 is 13.8 Å². The summed E-state index contributed by atoms with van der Waals surface area (Å²) in [6, 6.07) is 7.22. The third-order valence-electron chi connectivity index (χ3n) is 9.14. The van der Waals surface area contributed by atoms with Gasteiger partial charge in [-0.2, -0.15) is 0 Å². The van der Waals surface area contributed by atoms with Crippen LogP contribution in [0.3, 0.4) is 0 Å². The SMILES string of the molecule is Cc1cc([C@@H]2c3cc4c(cc3[C@@H](O[C@@H]3O[C@@H]5COC(C)OC5[C@H](O)[C@H]3O)[C@H]3COC(=O)[C@H]23)OCO4)cc(C)c1OCOP(=O)([O-])[O-]. The first-order chi connectivity index (χ1) is 21.9. The predicted molar refractivity (Wildman–Crippen MR) is 147 cm³/mol. The van der Waals surface area contributed by atoms with Crippen molar-refractivity contribution in [1.29, 1.82) is 0 Å². The van der Waals surface area contributed by atoms with Gasteiger partial charge in [0, 0.05) is 11.8 Å². The Morgan fingerprint density at radius 3 is 2.35 bits per heavy atom. The molecule has 0 amide bonds. The number of aliphatic hydroxyl groups excluding tert-OH is 2. The second-order valence-electron chi connectivity index (χ2n) is 12.0. The van der Waals surface area contributed by atoms with Gasteiger partial charge in [-0.05, 0) is 60.7 Å². The van der Waals surface area contributed by atoms with E-state index in [-0.39, 0.29) is 20.0 Å². The zero-order valence-electron chi connectivity index (χ0n) is 25.1. The molecule has 16 heteroatoms. The van der Waals surface area contributed by atoms with Crippen LogP contribution in [0, 0.1) is 25.7 Å². The Balaban J connectivity index is 1.25. The van der Waals surface area contributed by atoms with Crippen LogP contribution in [0.15, 0.2) is 24.3 Å². The topological polar surface area (TPSA) is 204 Å². The van der Waals surface area contributed by atoms with Gasteiger partial charge >= 0.3 is 5.97 Å². The Labute approximate surface area is 263 Å². The minimum absolute atomic E-state index is 0.00737. The van der Waals surface area contributed by atoms with Crippen LogP contribution in [-0.2, 0) is 37.6 Å². The van der Waals surface area contributed by atoms with Crippen LogP contribution in [0.25, 0.3) is 0 Å². The van der Waals surface area contributed by atoms with Gasteiger partial charge in [0.1, 0.15) is 30.2 Å². The molecule has 1 aliphatic carbocycles. The summed E-state index contributed by atoms with van der Waals surface area (Å²) in [6.45, 7) is 4.57. The van der Waals surface area contributed by atoms with Crippen molar-refractivity contribution in [2.24, 2.45) is 11.8 Å². The number of fused-ring (bicyclic) bond motifs is 4. The maximum absolute atomic E-state index is 13.5. The average molecular weight is 665 g/mol. The molecule has 3 saturated heterocycles. The number of hydrogen-bond acceptors (Lipinski definition) is 15. The van der Waals surface area contributed by atoms with E-state index < -0.39 is 81.4 Å². The minimum Gasteiger partial charge on any atom is -0.790 e. The zero-order chi connectivity index (χ0) is 32.5. The Kier molecular flexibility index (Phi) is 8.29. The Bertz CT molecular complexity index is 1530. The smallest absolute Gasteiger partial charge is 0.310 e. The third-order valence-corrected chi connectivity index (χ3v) is 9.56. The summed E-state index contributed by atoms with van der Waals surface area (Å²) >= 11 is 0. The fourth-order valence-electron chi connectivity index (χ4n) is 7.18. The van der Waals surface area contributed by atoms with Gasteiger partial charge in [0.25, 0.3) is 0 Å². The molecule has 4 heterocycles. The number of carbonyl (C=O) groups excluding carboxylic acids is 1. The molecule has 10 atom stereocenters. The maximum Gasteiger partial charge on any atom is 0.310 e. The molecular formula is C30H33O15P-2. The van der Waals surface area contributed by atoms with Crippen molar-refractivity contribution in [2.75, 3.05) is 26.8 Å². The van der Waals surface area contributed by atoms with Gasteiger partial charge in [0.15, 0.2) is 30.9 Å². The predicted octanol–water partition coefficient (Wildman–Crippen LogP) is 0.414. The summed E-state index contributed by atoms with van der Waals surface area (Å²) in [5.41, 5.74) is 3.33. The number of phosphoric ester groups is 1. The molecule has 3 fully saturated rings. The summed E-state index contributed by atoms with van der Waals surface area (Å²) < 4.78 is 61.4. The fourth-order valence-corrected chi connectivity index (χ4v) is 7.36. The highest BCUT2D eigenvalue weighted by atomic mass is 31.2. The van der Waals surface area contributed by atoms with E-state index in [1.807, 2.05) is 12.1 Å². The van der Waals surface area contributed by atoms with Crippen LogP contribution in [0.1, 0.15) is 46.8 Å². The lowest BCUT2D eigenvalue weighted by Gasteiger charge is -2.47. The molecule has 0 spiro atoms. The van der Waals surface area contributed by atoms with Crippen molar-refractivity contribution in [3.8, 4) is 17.2 Å². The highest BCUT2D eigenvalue weighted by Gasteiger charge is 2.56. The number of ether oxygens (including phenoxy) is 8. The molecular weight excluding hydrogens is 631 g/mol. The van der Waals surface area contributed by atoms with E-state index in [4.69, 9.17) is 37.9 Å². The normalized spacial score (nSPS) is 34.8. The quantitative estimate of drug-likeness (QED) is 0.234. The van der Waals surface area contributed by atoms with Gasteiger partial charge in [-0.1, -0.05) is 12.1 Å². The van der Waals surface area contributed by atoms with E-state index in [1.54, 1.807) is 32.9 Å². The number of rotatable bonds is 7. The standard InChI is InChI=1S/C30H35O15P/c1-12-4-15(5-13(2)26(12)41-11-42-46(34,35)36)22-16-6-19-20(40-10-39-19)7-17(16)27(18-8-38-29(33)23(18)22)45-30-25(32)24(31)28-21(44-30)9-37-14(3)43-28/h4-7,14,18,21-25,27-28,30-32H,8-11H2,1-3H3,(H2,34,35,36)/p-2/t14?,18-,21+,22+,23-,24+,25+,27+,28?,30-/m0/s1. The van der Waals surface area contributed by atoms with Crippen molar-refractivity contribution in [3.05, 3.63) is 52.1 Å². The number of aryl methyl sites for hydroxylation is 2. The first kappa shape index (κ1) is 31.8. The van der Waals surface area contributed by atoms with Crippen molar-refractivity contribution in [1.82, 2.24) is 0 Å². The number of hydrogen-bond donors (Lipinski definition) is 2. The van der Waals surface area contributed by atoms with Crippen LogP contribution >= 0.6 is 7.82 Å². The molecule has 2 N–H and O–H groups in total. The number of cyclic esters (lactones) is 1. The number of esters is 1. The summed E-state index contributed by atoms with van der Waals surface area (Å²) in [6.07, 6.45) is -6.96. The number of benzene rings is 2. The van der Waals surface area contributed by atoms with E-state index in [0.29, 0.717) is 39.5 Å². The summed E-state index contributed by atoms with van der Waals surface area (Å²) in [4.78, 5) is 35.3. The fraction of sp³-hybridized carbons (Fsp3) is 0.567. The molecule has 4 aliphatic heterocycles. The number of phosphoric acid groups is 1. The first-order valence-corrected chi connectivity index (χ1v) is 16.3. The number of carbonyl (C=O) groups is 1. The van der Waals surface area contributed by atoms with Gasteiger partial charge in [0.2, 0.25) is 6.79 Å². The van der Waals surface area contributed by atoms with Gasteiger partial charge in [-0.15, -0.1) is 0 Å². The Hall–Kier alpha value is -2.82. The maximum atomic E-state index is 13.5. The first-order valence-electron chi connectivity index (χ1n) is 14.8. The summed E-state index contributed by atoms with van der Waals surface area (Å²) in [5, 5.41) is 22.0. The Morgan fingerprint density at radius 2 is 1.65 bits per heavy atom. The molecule has 2 aromatic rings. The van der Waals surface area contributed by atoms with Gasteiger partial charge in [-0.25, -0.2) is 0 Å². The van der Waals surface area contributed by atoms with Crippen LogP contribution < -0.4 is 24.0 Å². The van der Waals surface area contributed by atoms with E-state index >= 15 is 0 Å². The Morgan fingerprint density at radius 1 is 0.957 bits per heavy atom. The molecule has 2 aromatic carbocycles. The molecule has 2 unspecified atom stereocenters. The van der Waals surface area contributed by atoms with Gasteiger partial charge in [0.05, 0.1) is 33.1 Å². The third kappa shape index (κ3) is 5.68. The summed E-state index contributed by atoms with van der Waals surface area (Å²) in [5.74, 6) is -0.933. The van der Waals surface area contributed by atoms with E-state index in [2.05, 4.69) is 4.52 Å². The van der Waals surface area contributed by atoms with E-state index in [0.717, 1.165) is 5.56 Å². The van der Waals surface area contributed by atoms with E-state index in [9.17, 15) is 29.4 Å². The molecule has 0 radical (unpaired) electrons. The lowest BCUT2D eigenvalue weighted by atomic mass is 9.66. The largest absolute Gasteiger partial charge is 0.790 e. The van der Waals surface area contributed by atoms with Crippen molar-refractivity contribution < 1.29 is 71.8 Å². The summed E-state index contributed by atoms with van der Waals surface area (Å²) in [7, 11) is -5.23. The zero-order valence-corrected chi connectivity index (χ0v) is 26.0. The van der Waals surface area contributed by atoms with Crippen molar-refractivity contribution in [2.45, 2.75) is 69.8 Å². The molecule has 250 valence electrons. The highest BCUT2D eigenvalue weighted by Crippen LogP contribution is 2.56. The lowest BCUT2D eigenvalue weighted by Crippen LogP contribution is -2.63. The monoisotopic (exact) mass is 664 g/mol. The average Bonchev–Trinajstić information content (AvgIpc) is 3.62. The lowest BCUT2D eigenvalue weighted by molar-refractivity contribution is -0.364. The molecule has 46 heavy (non-hydrogen) atoms. The number of aliphatic hydroxyl groups is 2. The second kappa shape index (κ2) is 12.0. The molecule has 0 bridgehead atoms. The molecule has 5 aliphatic rings.